The molecule has 17 heteroatoms. The predicted octanol–water partition coefficient (Wildman–Crippen LogP) is 6.05. The summed E-state index contributed by atoms with van der Waals surface area (Å²) in [6.07, 6.45) is 11.1. The molecule has 1 amide bonds. The second-order valence-corrected chi connectivity index (χ2v) is 20.3. The first-order chi connectivity index (χ1) is 34.0. The average Bonchev–Trinajstić information content (AvgIpc) is 3.88. The van der Waals surface area contributed by atoms with Gasteiger partial charge in [-0.2, -0.15) is 0 Å². The number of hydrogen-bond acceptors (Lipinski definition) is 15. The number of amides is 1. The summed E-state index contributed by atoms with van der Waals surface area (Å²) in [4.78, 5) is 72.4. The summed E-state index contributed by atoms with van der Waals surface area (Å²) >= 11 is 0. The lowest BCUT2D eigenvalue weighted by Gasteiger charge is -2.42. The monoisotopic (exact) mass is 969 g/mol. The van der Waals surface area contributed by atoms with Crippen molar-refractivity contribution in [1.82, 2.24) is 25.1 Å². The number of fused-ring (bicyclic) bond motifs is 3. The normalized spacial score (nSPS) is 37.9. The Hall–Kier alpha value is -4.26. The number of aromatic nitrogens is 4. The van der Waals surface area contributed by atoms with Gasteiger partial charge in [-0.15, -0.1) is 5.10 Å². The molecule has 0 aromatic carbocycles. The van der Waals surface area contributed by atoms with E-state index < -0.39 is 84.8 Å². The zero-order chi connectivity index (χ0) is 53.1. The highest BCUT2D eigenvalue weighted by Crippen LogP contribution is 2.39. The maximum Gasteiger partial charge on any atom is 0.329 e. The standard InChI is InChI=1S/C52H79N5O12/c1-31-16-12-11-13-17-32(2)43(65-8)28-39-21-19-37(7)52(64,69-39)49(61)50(62)56-23-15-14-18-41(56)51(63)68-44(34(4)26-38-20-22-40(45(27-38)66-9)57-30-53-54-55-57)29-42(58)33(3)25-36(6)47(60)48(67-10)46(59)35(5)24-31/h11-13,16-17,25,30-31,34-41,43-45,47-48,60,64H,14-15,18-24,26-29H2,1-10H3/b13-11?,16-12?,32-17?,33-25+/t31-,34-,35-,36?,37-,38+,39+,40+,41+,43+,44+,45-,47-,48+,52-/m1/s1/i8D3. The molecule has 1 saturated carbocycles. The lowest BCUT2D eigenvalue weighted by atomic mass is 9.77. The second kappa shape index (κ2) is 25.7. The van der Waals surface area contributed by atoms with E-state index in [0.717, 1.165) is 17.7 Å². The number of ether oxygens (including phenoxy) is 5. The van der Waals surface area contributed by atoms with Crippen molar-refractivity contribution in [3.05, 3.63) is 53.9 Å². The van der Waals surface area contributed by atoms with E-state index in [2.05, 4.69) is 15.5 Å². The molecular weight excluding hydrogens is 887 g/mol. The van der Waals surface area contributed by atoms with E-state index in [0.29, 0.717) is 44.1 Å². The molecule has 1 aromatic rings. The molecule has 2 saturated heterocycles. The number of piperidine rings is 1. The number of nitrogens with zero attached hydrogens (tertiary/aromatic N) is 5. The number of rotatable bonds is 7. The third-order valence-electron chi connectivity index (χ3n) is 15.1. The SMILES string of the molecule is [2H]C([2H])([2H])O[C@H]1C[C@@H]2CC[C@@H](C)[C@@](O)(O2)C(=O)C(=O)N2CCCC[C@H]2C(=O)O[C@H]([C@H](C)C[C@@H]2CC[C@H](n3cnnn3)[C@H](OC)C2)CC(=O)/C(C)=C/C(C)[C@@H](O)[C@@H](OC)C(=O)[C@H](C)C[C@H](C)C=CC=CC=C1C. The number of carbonyl (C=O) groups excluding carboxylic acids is 5. The van der Waals surface area contributed by atoms with E-state index in [9.17, 15) is 34.2 Å². The van der Waals surface area contributed by atoms with Gasteiger partial charge in [0.15, 0.2) is 11.6 Å². The number of allylic oxidation sites excluding steroid dienone is 6. The van der Waals surface area contributed by atoms with Crippen molar-refractivity contribution in [3.63, 3.8) is 0 Å². The average molecular weight is 969 g/mol. The maximum atomic E-state index is 14.5. The summed E-state index contributed by atoms with van der Waals surface area (Å²) in [5.74, 6) is -8.76. The van der Waals surface area contributed by atoms with Gasteiger partial charge in [-0.25, -0.2) is 9.48 Å². The number of carbonyl (C=O) groups is 5. The molecule has 2 bridgehead atoms. The molecule has 5 rings (SSSR count). The van der Waals surface area contributed by atoms with Crippen molar-refractivity contribution in [3.8, 4) is 0 Å². The van der Waals surface area contributed by atoms with Crippen molar-refractivity contribution < 1.29 is 62.0 Å². The Morgan fingerprint density at radius 2 is 1.71 bits per heavy atom. The fraction of sp³-hybridized carbons (Fsp3) is 0.731. The first-order valence-electron chi connectivity index (χ1n) is 26.3. The third kappa shape index (κ3) is 14.2. The van der Waals surface area contributed by atoms with E-state index in [4.69, 9.17) is 27.8 Å². The molecule has 3 fully saturated rings. The van der Waals surface area contributed by atoms with Gasteiger partial charge in [0.2, 0.25) is 5.79 Å². The highest BCUT2D eigenvalue weighted by Gasteiger charge is 2.53. The Balaban J connectivity index is 1.48. The van der Waals surface area contributed by atoms with Gasteiger partial charge in [-0.1, -0.05) is 71.1 Å². The number of aliphatic hydroxyl groups is 2. The highest BCUT2D eigenvalue weighted by molar-refractivity contribution is 6.39. The summed E-state index contributed by atoms with van der Waals surface area (Å²) in [5.41, 5.74) is 0.817. The zero-order valence-electron chi connectivity index (χ0n) is 45.0. The number of cyclic esters (lactones) is 1. The molecule has 17 nitrogen and oxygen atoms in total. The second-order valence-electron chi connectivity index (χ2n) is 20.3. The fourth-order valence-electron chi connectivity index (χ4n) is 10.6. The minimum Gasteiger partial charge on any atom is -0.460 e. The van der Waals surface area contributed by atoms with Crippen LogP contribution in [0.3, 0.4) is 0 Å². The molecular formula is C52H79N5O12. The minimum atomic E-state index is -2.80. The number of ketones is 3. The molecule has 4 aliphatic rings. The van der Waals surface area contributed by atoms with Crippen molar-refractivity contribution >= 4 is 29.2 Å². The summed E-state index contributed by atoms with van der Waals surface area (Å²) in [6, 6.07) is -1.29. The lowest BCUT2D eigenvalue weighted by molar-refractivity contribution is -0.265. The van der Waals surface area contributed by atoms with Crippen LogP contribution < -0.4 is 0 Å². The molecule has 4 heterocycles. The molecule has 1 aromatic heterocycles. The van der Waals surface area contributed by atoms with Crippen LogP contribution in [-0.2, 0) is 47.7 Å². The van der Waals surface area contributed by atoms with Crippen LogP contribution in [0.1, 0.15) is 136 Å². The van der Waals surface area contributed by atoms with Gasteiger partial charge in [-0.05, 0) is 117 Å². The van der Waals surface area contributed by atoms with Gasteiger partial charge in [0.25, 0.3) is 11.7 Å². The van der Waals surface area contributed by atoms with Crippen LogP contribution in [0.4, 0.5) is 0 Å². The Kier molecular flexibility index (Phi) is 19.1. The molecule has 2 N–H and O–H groups in total. The molecule has 0 radical (unpaired) electrons. The molecule has 0 spiro atoms. The number of tetrazole rings is 1. The van der Waals surface area contributed by atoms with Crippen LogP contribution in [0.15, 0.2) is 53.9 Å². The molecule has 3 aliphatic heterocycles. The van der Waals surface area contributed by atoms with E-state index in [1.54, 1.807) is 77.0 Å². The van der Waals surface area contributed by atoms with Gasteiger partial charge in [0.05, 0.1) is 34.6 Å². The van der Waals surface area contributed by atoms with Crippen LogP contribution in [0.5, 0.6) is 0 Å². The van der Waals surface area contributed by atoms with Gasteiger partial charge < -0.3 is 38.8 Å². The molecule has 1 aliphatic carbocycles. The number of esters is 1. The topological polar surface area (TPSA) is 219 Å². The van der Waals surface area contributed by atoms with Crippen molar-refractivity contribution in [2.24, 2.45) is 35.5 Å². The van der Waals surface area contributed by atoms with Crippen LogP contribution in [0, 0.1) is 35.5 Å². The third-order valence-corrected chi connectivity index (χ3v) is 15.1. The highest BCUT2D eigenvalue weighted by atomic mass is 16.6. The first kappa shape index (κ1) is 51.1. The van der Waals surface area contributed by atoms with E-state index >= 15 is 0 Å². The Bertz CT molecular complexity index is 2130. The lowest BCUT2D eigenvalue weighted by Crippen LogP contribution is -2.61. The Morgan fingerprint density at radius 1 is 0.942 bits per heavy atom. The van der Waals surface area contributed by atoms with E-state index in [1.807, 2.05) is 26.0 Å². The van der Waals surface area contributed by atoms with Gasteiger partial charge in [0.1, 0.15) is 24.6 Å². The van der Waals surface area contributed by atoms with E-state index in [-0.39, 0.29) is 79.3 Å². The minimum absolute atomic E-state index is 0.0201. The quantitative estimate of drug-likeness (QED) is 0.235. The Labute approximate surface area is 412 Å². The van der Waals surface area contributed by atoms with Gasteiger partial charge in [0, 0.05) is 58.4 Å². The summed E-state index contributed by atoms with van der Waals surface area (Å²) < 4.78 is 54.8. The zero-order valence-corrected chi connectivity index (χ0v) is 42.0. The predicted molar refractivity (Wildman–Crippen MR) is 256 cm³/mol. The van der Waals surface area contributed by atoms with Crippen molar-refractivity contribution in [2.75, 3.05) is 27.8 Å². The molecule has 384 valence electrons. The number of methoxy groups -OCH3 is 3. The summed E-state index contributed by atoms with van der Waals surface area (Å²) in [7, 11) is 0.202. The maximum absolute atomic E-state index is 14.5. The molecule has 15 atom stereocenters. The summed E-state index contributed by atoms with van der Waals surface area (Å²) in [5, 5.41) is 35.2. The number of hydrogen-bond donors (Lipinski definition) is 2. The molecule has 69 heavy (non-hydrogen) atoms. The van der Waals surface area contributed by atoms with Crippen LogP contribution in [-0.4, -0.2) is 141 Å². The van der Waals surface area contributed by atoms with Crippen LogP contribution in [0.2, 0.25) is 0 Å². The van der Waals surface area contributed by atoms with Crippen molar-refractivity contribution in [2.45, 2.75) is 180 Å². The summed E-state index contributed by atoms with van der Waals surface area (Å²) in [6.45, 7) is 12.3. The van der Waals surface area contributed by atoms with E-state index in [1.165, 1.54) is 7.11 Å². The van der Waals surface area contributed by atoms with Gasteiger partial charge in [-0.3, -0.25) is 19.2 Å². The molecule has 1 unspecified atom stereocenters. The van der Waals surface area contributed by atoms with Crippen LogP contribution >= 0.6 is 0 Å². The number of aliphatic hydroxyl groups excluding tert-OH is 1. The fourth-order valence-corrected chi connectivity index (χ4v) is 10.6. The largest absolute Gasteiger partial charge is 0.460 e. The smallest absolute Gasteiger partial charge is 0.329 e. The first-order valence-corrected chi connectivity index (χ1v) is 24.8. The van der Waals surface area contributed by atoms with Crippen molar-refractivity contribution in [1.29, 1.82) is 0 Å². The Morgan fingerprint density at radius 3 is 2.41 bits per heavy atom. The van der Waals surface area contributed by atoms with Crippen LogP contribution in [0.25, 0.3) is 0 Å². The van der Waals surface area contributed by atoms with Gasteiger partial charge >= 0.3 is 5.97 Å². The number of Topliss-reactive ketones (excluding diaryl/α,β-unsaturated/α-hetero) is 3.